The third kappa shape index (κ3) is 6.38. The topological polar surface area (TPSA) is 77.0 Å². The van der Waals surface area contributed by atoms with Crippen molar-refractivity contribution in [3.63, 3.8) is 0 Å². The van der Waals surface area contributed by atoms with Crippen LogP contribution < -0.4 is 24.8 Å². The van der Waals surface area contributed by atoms with Gasteiger partial charge in [-0.3, -0.25) is 0 Å². The highest BCUT2D eigenvalue weighted by Gasteiger charge is 2.21. The van der Waals surface area contributed by atoms with Gasteiger partial charge in [-0.1, -0.05) is 6.07 Å². The van der Waals surface area contributed by atoms with E-state index in [0.29, 0.717) is 25.6 Å². The second kappa shape index (κ2) is 11.8. The number of benzene rings is 1. The van der Waals surface area contributed by atoms with Crippen LogP contribution in [-0.4, -0.2) is 37.3 Å². The number of hydrogen-bond donors (Lipinski definition) is 2. The molecule has 1 aromatic heterocycles. The average molecular weight is 526 g/mol. The molecule has 0 fully saturated rings. The summed E-state index contributed by atoms with van der Waals surface area (Å²) in [7, 11) is 1.61. The summed E-state index contributed by atoms with van der Waals surface area (Å²) in [6.07, 6.45) is 2.90. The number of methoxy groups -OCH3 is 1. The predicted molar refractivity (Wildman–Crippen MR) is 129 cm³/mol. The molecule has 0 amide bonds. The first kappa shape index (κ1) is 24.0. The summed E-state index contributed by atoms with van der Waals surface area (Å²) in [4.78, 5) is 8.88. The third-order valence-electron chi connectivity index (χ3n) is 4.60. The van der Waals surface area contributed by atoms with E-state index in [1.165, 1.54) is 5.56 Å². The first-order valence-corrected chi connectivity index (χ1v) is 10.1. The maximum Gasteiger partial charge on any atom is 0.212 e. The van der Waals surface area contributed by atoms with Gasteiger partial charge in [-0.25, -0.2) is 9.98 Å². The second-order valence-corrected chi connectivity index (χ2v) is 6.89. The molecular formula is C22H31IN4O3. The van der Waals surface area contributed by atoms with E-state index in [1.54, 1.807) is 13.3 Å². The van der Waals surface area contributed by atoms with Gasteiger partial charge in [-0.2, -0.15) is 0 Å². The van der Waals surface area contributed by atoms with Crippen molar-refractivity contribution in [1.82, 2.24) is 15.6 Å². The van der Waals surface area contributed by atoms with Crippen molar-refractivity contribution in [2.45, 2.75) is 46.4 Å². The monoisotopic (exact) mass is 526 g/mol. The molecule has 1 aliphatic heterocycles. The largest absolute Gasteiger partial charge is 0.494 e. The third-order valence-corrected chi connectivity index (χ3v) is 4.60. The Kier molecular flexibility index (Phi) is 9.48. The van der Waals surface area contributed by atoms with Gasteiger partial charge in [0, 0.05) is 42.9 Å². The molecule has 2 aromatic rings. The number of aliphatic imine (C=N–C) groups is 1. The zero-order valence-electron chi connectivity index (χ0n) is 18.0. The molecule has 0 radical (unpaired) electrons. The fourth-order valence-electron chi connectivity index (χ4n) is 3.23. The quantitative estimate of drug-likeness (QED) is 0.311. The summed E-state index contributed by atoms with van der Waals surface area (Å²) >= 11 is 0. The molecule has 164 valence electrons. The van der Waals surface area contributed by atoms with Crippen LogP contribution in [0.3, 0.4) is 0 Å². The summed E-state index contributed by atoms with van der Waals surface area (Å²) < 4.78 is 16.9. The minimum atomic E-state index is 0. The molecule has 0 spiro atoms. The molecule has 30 heavy (non-hydrogen) atoms. The van der Waals surface area contributed by atoms with E-state index in [1.807, 2.05) is 26.0 Å². The first-order valence-electron chi connectivity index (χ1n) is 10.1. The summed E-state index contributed by atoms with van der Waals surface area (Å²) in [5, 5.41) is 6.67. The van der Waals surface area contributed by atoms with Crippen molar-refractivity contribution in [2.75, 3.05) is 20.3 Å². The lowest BCUT2D eigenvalue weighted by molar-refractivity contribution is 0.254. The highest BCUT2D eigenvalue weighted by atomic mass is 127. The number of ether oxygens (including phenoxy) is 3. The molecule has 1 atom stereocenters. The van der Waals surface area contributed by atoms with Crippen LogP contribution in [0.1, 0.15) is 37.5 Å². The molecule has 7 nitrogen and oxygen atoms in total. The Labute approximate surface area is 195 Å². The second-order valence-electron chi connectivity index (χ2n) is 6.89. The van der Waals surface area contributed by atoms with Gasteiger partial charge in [0.2, 0.25) is 5.88 Å². The Balaban J connectivity index is 0.00000320. The zero-order chi connectivity index (χ0) is 20.6. The van der Waals surface area contributed by atoms with E-state index in [0.717, 1.165) is 41.6 Å². The number of aromatic nitrogens is 1. The van der Waals surface area contributed by atoms with Crippen LogP contribution in [0.5, 0.6) is 17.4 Å². The Hall–Kier alpha value is -2.23. The Morgan fingerprint density at radius 1 is 1.27 bits per heavy atom. The summed E-state index contributed by atoms with van der Waals surface area (Å²) in [5.74, 6) is 3.18. The molecule has 0 bridgehead atoms. The lowest BCUT2D eigenvalue weighted by atomic mass is 10.1. The number of guanidine groups is 1. The van der Waals surface area contributed by atoms with Crippen LogP contribution in [0, 0.1) is 0 Å². The van der Waals surface area contributed by atoms with E-state index < -0.39 is 0 Å². The maximum atomic E-state index is 5.91. The molecule has 0 saturated carbocycles. The Morgan fingerprint density at radius 2 is 2.10 bits per heavy atom. The van der Waals surface area contributed by atoms with E-state index in [4.69, 9.17) is 14.2 Å². The molecular weight excluding hydrogens is 495 g/mol. The van der Waals surface area contributed by atoms with Crippen molar-refractivity contribution in [3.05, 3.63) is 47.2 Å². The minimum Gasteiger partial charge on any atom is -0.494 e. The lowest BCUT2D eigenvalue weighted by Crippen LogP contribution is -2.36. The van der Waals surface area contributed by atoms with Gasteiger partial charge in [-0.05, 0) is 38.5 Å². The van der Waals surface area contributed by atoms with Crippen molar-refractivity contribution in [1.29, 1.82) is 0 Å². The highest BCUT2D eigenvalue weighted by Crippen LogP contribution is 2.35. The molecule has 0 aliphatic carbocycles. The highest BCUT2D eigenvalue weighted by molar-refractivity contribution is 14.0. The Morgan fingerprint density at radius 3 is 2.77 bits per heavy atom. The van der Waals surface area contributed by atoms with Crippen LogP contribution in [0.15, 0.2) is 35.5 Å². The summed E-state index contributed by atoms with van der Waals surface area (Å²) in [6.45, 7) is 8.64. The Bertz CT molecular complexity index is 843. The van der Waals surface area contributed by atoms with Crippen LogP contribution in [0.2, 0.25) is 0 Å². The van der Waals surface area contributed by atoms with Crippen molar-refractivity contribution >= 4 is 29.9 Å². The van der Waals surface area contributed by atoms with Gasteiger partial charge in [-0.15, -0.1) is 24.0 Å². The molecule has 1 aliphatic rings. The number of fused-ring (bicyclic) bond motifs is 1. The number of nitrogens with one attached hydrogen (secondary N) is 2. The van der Waals surface area contributed by atoms with E-state index >= 15 is 0 Å². The van der Waals surface area contributed by atoms with E-state index in [-0.39, 0.29) is 30.1 Å². The van der Waals surface area contributed by atoms with Gasteiger partial charge >= 0.3 is 0 Å². The molecule has 3 rings (SSSR count). The number of rotatable bonds is 8. The molecule has 2 heterocycles. The molecule has 1 aromatic carbocycles. The summed E-state index contributed by atoms with van der Waals surface area (Å²) in [6, 6.07) is 7.98. The SMILES string of the molecule is CCNC(=NCc1ccc(OC)nc1)NCc1cc2c(cc1OCC)CC(C)O2.I. The number of nitrogens with zero attached hydrogens (tertiary/aromatic N) is 2. The van der Waals surface area contributed by atoms with Crippen LogP contribution >= 0.6 is 24.0 Å². The molecule has 8 heteroatoms. The summed E-state index contributed by atoms with van der Waals surface area (Å²) in [5.41, 5.74) is 3.27. The van der Waals surface area contributed by atoms with Gasteiger partial charge in [0.05, 0.1) is 20.3 Å². The van der Waals surface area contributed by atoms with Crippen molar-refractivity contribution in [3.8, 4) is 17.4 Å². The van der Waals surface area contributed by atoms with Gasteiger partial charge in [0.25, 0.3) is 0 Å². The van der Waals surface area contributed by atoms with Crippen LogP contribution in [0.4, 0.5) is 0 Å². The van der Waals surface area contributed by atoms with Crippen molar-refractivity contribution in [2.24, 2.45) is 4.99 Å². The maximum absolute atomic E-state index is 5.91. The van der Waals surface area contributed by atoms with Crippen LogP contribution in [0.25, 0.3) is 0 Å². The number of halogens is 1. The number of hydrogen-bond acceptors (Lipinski definition) is 5. The minimum absolute atomic E-state index is 0. The van der Waals surface area contributed by atoms with Gasteiger partial charge in [0.1, 0.15) is 17.6 Å². The van der Waals surface area contributed by atoms with Gasteiger partial charge < -0.3 is 24.8 Å². The predicted octanol–water partition coefficient (Wildman–Crippen LogP) is 3.69. The standard InChI is InChI=1S/C22H30N4O3.HI/c1-5-23-22(25-13-16-7-8-21(27-4)24-12-16)26-14-18-11-20-17(9-15(3)29-20)10-19(18)28-6-2;/h7-8,10-12,15H,5-6,9,13-14H2,1-4H3,(H2,23,25,26);1H. The average Bonchev–Trinajstić information content (AvgIpc) is 3.09. The lowest BCUT2D eigenvalue weighted by Gasteiger charge is -2.15. The molecule has 1 unspecified atom stereocenters. The fourth-order valence-corrected chi connectivity index (χ4v) is 3.23. The van der Waals surface area contributed by atoms with Crippen LogP contribution in [-0.2, 0) is 19.5 Å². The van der Waals surface area contributed by atoms with Gasteiger partial charge in [0.15, 0.2) is 5.96 Å². The smallest absolute Gasteiger partial charge is 0.212 e. The normalized spacial score (nSPS) is 14.9. The molecule has 2 N–H and O–H groups in total. The molecule has 0 saturated heterocycles. The fraction of sp³-hybridized carbons (Fsp3) is 0.455. The number of pyridine rings is 1. The first-order chi connectivity index (χ1) is 14.1. The van der Waals surface area contributed by atoms with E-state index in [9.17, 15) is 0 Å². The zero-order valence-corrected chi connectivity index (χ0v) is 20.4. The van der Waals surface area contributed by atoms with Crippen molar-refractivity contribution < 1.29 is 14.2 Å². The van der Waals surface area contributed by atoms with E-state index in [2.05, 4.69) is 39.7 Å².